The number of carboxylic acid groups (broad SMARTS) is 1. The van der Waals surface area contributed by atoms with E-state index in [2.05, 4.69) is 77.8 Å². The maximum Gasteiger partial charge on any atom is 0.512 e. The molecule has 2 N–H and O–H groups in total. The summed E-state index contributed by atoms with van der Waals surface area (Å²) in [5.41, 5.74) is 6.56. The number of benzene rings is 5. The van der Waals surface area contributed by atoms with E-state index in [1.165, 1.54) is 16.7 Å². The molecule has 5 aromatic carbocycles. The van der Waals surface area contributed by atoms with Crippen LogP contribution in [-0.4, -0.2) is 22.9 Å². The molecule has 0 fully saturated rings. The van der Waals surface area contributed by atoms with Crippen molar-refractivity contribution in [1.82, 2.24) is 4.98 Å². The van der Waals surface area contributed by atoms with Gasteiger partial charge >= 0.3 is 6.16 Å². The van der Waals surface area contributed by atoms with Gasteiger partial charge in [0.1, 0.15) is 5.75 Å². The first-order valence-corrected chi connectivity index (χ1v) is 13.9. The Hall–Kier alpha value is -5.03. The Morgan fingerprint density at radius 1 is 0.707 bits per heavy atom. The Morgan fingerprint density at radius 2 is 1.44 bits per heavy atom. The van der Waals surface area contributed by atoms with E-state index in [0.717, 1.165) is 51.4 Å². The van der Waals surface area contributed by atoms with Crippen LogP contribution in [0.2, 0.25) is 0 Å². The number of ether oxygens (including phenoxy) is 2. The minimum atomic E-state index is -1.33. The van der Waals surface area contributed by atoms with Gasteiger partial charge in [0.25, 0.3) is 0 Å². The lowest BCUT2D eigenvalue weighted by Gasteiger charge is -2.10. The molecule has 0 saturated heterocycles. The second-order valence-corrected chi connectivity index (χ2v) is 10.1. The molecular weight excluding hydrogens is 510 g/mol. The van der Waals surface area contributed by atoms with E-state index in [1.54, 1.807) is 0 Å². The lowest BCUT2D eigenvalue weighted by molar-refractivity contribution is 0.142. The van der Waals surface area contributed by atoms with E-state index >= 15 is 0 Å². The van der Waals surface area contributed by atoms with Gasteiger partial charge in [-0.3, -0.25) is 0 Å². The van der Waals surface area contributed by atoms with Gasteiger partial charge in [0, 0.05) is 16.3 Å². The molecule has 0 spiro atoms. The second kappa shape index (κ2) is 12.0. The molecular formula is C36H31NO4. The van der Waals surface area contributed by atoms with Crippen LogP contribution in [0.1, 0.15) is 23.1 Å². The smallest absolute Gasteiger partial charge is 0.493 e. The molecule has 1 heterocycles. The molecule has 0 aliphatic carbocycles. The Balaban J connectivity index is 1.19. The summed E-state index contributed by atoms with van der Waals surface area (Å²) in [6.45, 7) is 0.505. The predicted molar refractivity (Wildman–Crippen MR) is 164 cm³/mol. The Labute approximate surface area is 239 Å². The van der Waals surface area contributed by atoms with Gasteiger partial charge in [0.05, 0.1) is 12.1 Å². The third-order valence-electron chi connectivity index (χ3n) is 7.47. The van der Waals surface area contributed by atoms with Crippen LogP contribution in [0.15, 0.2) is 115 Å². The lowest BCUT2D eigenvalue weighted by Crippen LogP contribution is -2.06. The largest absolute Gasteiger partial charge is 0.512 e. The normalized spacial score (nSPS) is 11.1. The average Bonchev–Trinajstić information content (AvgIpc) is 3.35. The number of para-hydroxylation sites is 1. The summed E-state index contributed by atoms with van der Waals surface area (Å²) in [4.78, 5) is 14.8. The molecule has 6 rings (SSSR count). The predicted octanol–water partition coefficient (Wildman–Crippen LogP) is 8.84. The Bertz CT molecular complexity index is 1800. The summed E-state index contributed by atoms with van der Waals surface area (Å²) in [7, 11) is 0. The number of rotatable bonds is 10. The minimum Gasteiger partial charge on any atom is -0.493 e. The lowest BCUT2D eigenvalue weighted by atomic mass is 9.98. The van der Waals surface area contributed by atoms with Gasteiger partial charge in [-0.2, -0.15) is 0 Å². The van der Waals surface area contributed by atoms with E-state index in [9.17, 15) is 9.90 Å². The number of hydrogen-bond donors (Lipinski definition) is 2. The van der Waals surface area contributed by atoms with E-state index in [-0.39, 0.29) is 5.88 Å². The summed E-state index contributed by atoms with van der Waals surface area (Å²) in [6.07, 6.45) is 1.68. The first kappa shape index (κ1) is 26.2. The summed E-state index contributed by atoms with van der Waals surface area (Å²) in [5.74, 6) is 1.14. The van der Waals surface area contributed by atoms with E-state index in [0.29, 0.717) is 19.4 Å². The third-order valence-corrected chi connectivity index (χ3v) is 7.47. The van der Waals surface area contributed by atoms with Gasteiger partial charge in [-0.1, -0.05) is 109 Å². The molecule has 41 heavy (non-hydrogen) atoms. The molecule has 0 radical (unpaired) electrons. The van der Waals surface area contributed by atoms with E-state index in [4.69, 9.17) is 9.47 Å². The van der Waals surface area contributed by atoms with Crippen LogP contribution in [0.25, 0.3) is 32.8 Å². The third kappa shape index (κ3) is 5.94. The number of aromatic nitrogens is 1. The van der Waals surface area contributed by atoms with Crippen molar-refractivity contribution in [1.29, 1.82) is 0 Å². The Kier molecular flexibility index (Phi) is 7.68. The number of aryl methyl sites for hydroxylation is 3. The van der Waals surface area contributed by atoms with Gasteiger partial charge in [0.15, 0.2) is 0 Å². The SMILES string of the molecule is O=C(O)Oc1[nH]c2c(CCc3cccc(-c4ccccc4)c3)cccc2c1CCCOc1cccc2ccccc12. The standard InChI is InChI=1S/C36H31NO4/c38-36(39)41-35-32(19-9-23-40-33-20-8-14-27-13-4-5-17-30(27)33)31-18-7-15-28(34(31)37-35)22-21-25-10-6-16-29(24-25)26-11-2-1-3-12-26/h1-8,10-18,20,24,37H,9,19,21-23H2,(H,38,39). The molecule has 0 aliphatic heterocycles. The first-order chi connectivity index (χ1) is 20.2. The number of H-pyrrole nitrogens is 1. The van der Waals surface area contributed by atoms with Gasteiger partial charge in [-0.05, 0) is 59.4 Å². The zero-order valence-corrected chi connectivity index (χ0v) is 22.7. The van der Waals surface area contributed by atoms with Crippen molar-refractivity contribution in [3.63, 3.8) is 0 Å². The van der Waals surface area contributed by atoms with Crippen molar-refractivity contribution in [2.75, 3.05) is 6.61 Å². The Morgan fingerprint density at radius 3 is 2.32 bits per heavy atom. The fourth-order valence-corrected chi connectivity index (χ4v) is 5.51. The zero-order chi connectivity index (χ0) is 28.0. The molecule has 5 nitrogen and oxygen atoms in total. The van der Waals surface area contributed by atoms with Crippen LogP contribution >= 0.6 is 0 Å². The molecule has 0 saturated carbocycles. The molecule has 1 aromatic heterocycles. The zero-order valence-electron chi connectivity index (χ0n) is 22.7. The van der Waals surface area contributed by atoms with Crippen molar-refractivity contribution in [2.45, 2.75) is 25.7 Å². The quantitative estimate of drug-likeness (QED) is 0.134. The highest BCUT2D eigenvalue weighted by atomic mass is 16.7. The molecule has 0 aliphatic rings. The number of fused-ring (bicyclic) bond motifs is 2. The molecule has 204 valence electrons. The van der Waals surface area contributed by atoms with Crippen LogP contribution in [0.5, 0.6) is 11.6 Å². The fourth-order valence-electron chi connectivity index (χ4n) is 5.51. The summed E-state index contributed by atoms with van der Waals surface area (Å²) >= 11 is 0. The number of hydrogen-bond acceptors (Lipinski definition) is 3. The number of nitrogens with one attached hydrogen (secondary N) is 1. The number of aromatic amines is 1. The van der Waals surface area contributed by atoms with E-state index in [1.807, 2.05) is 42.5 Å². The van der Waals surface area contributed by atoms with Gasteiger partial charge < -0.3 is 19.6 Å². The molecule has 6 aromatic rings. The summed E-state index contributed by atoms with van der Waals surface area (Å²) in [6, 6.07) is 39.4. The highest BCUT2D eigenvalue weighted by Gasteiger charge is 2.17. The highest BCUT2D eigenvalue weighted by Crippen LogP contribution is 2.33. The first-order valence-electron chi connectivity index (χ1n) is 13.9. The molecule has 0 bridgehead atoms. The van der Waals surface area contributed by atoms with Gasteiger partial charge in [-0.15, -0.1) is 0 Å². The van der Waals surface area contributed by atoms with Gasteiger partial charge in [-0.25, -0.2) is 4.79 Å². The van der Waals surface area contributed by atoms with Crippen molar-refractivity contribution in [3.8, 4) is 22.8 Å². The van der Waals surface area contributed by atoms with Crippen LogP contribution in [0, 0.1) is 0 Å². The van der Waals surface area contributed by atoms with Crippen LogP contribution < -0.4 is 9.47 Å². The summed E-state index contributed by atoms with van der Waals surface area (Å²) < 4.78 is 11.3. The highest BCUT2D eigenvalue weighted by molar-refractivity contribution is 5.89. The topological polar surface area (TPSA) is 71.5 Å². The van der Waals surface area contributed by atoms with Crippen LogP contribution in [0.3, 0.4) is 0 Å². The fraction of sp³-hybridized carbons (Fsp3) is 0.139. The number of carbonyl (C=O) groups is 1. The monoisotopic (exact) mass is 541 g/mol. The van der Waals surface area contributed by atoms with Crippen molar-refractivity contribution < 1.29 is 19.4 Å². The maximum atomic E-state index is 11.5. The maximum absolute atomic E-state index is 11.5. The van der Waals surface area contributed by atoms with Gasteiger partial charge in [0.2, 0.25) is 5.88 Å². The van der Waals surface area contributed by atoms with Crippen molar-refractivity contribution in [2.24, 2.45) is 0 Å². The average molecular weight is 542 g/mol. The second-order valence-electron chi connectivity index (χ2n) is 10.1. The van der Waals surface area contributed by atoms with E-state index < -0.39 is 6.16 Å². The molecule has 0 unspecified atom stereocenters. The summed E-state index contributed by atoms with van der Waals surface area (Å²) in [5, 5.41) is 12.6. The minimum absolute atomic E-state index is 0.288. The van der Waals surface area contributed by atoms with Crippen LogP contribution in [-0.2, 0) is 19.3 Å². The molecule has 0 atom stereocenters. The van der Waals surface area contributed by atoms with Crippen molar-refractivity contribution >= 4 is 27.8 Å². The van der Waals surface area contributed by atoms with Crippen molar-refractivity contribution in [3.05, 3.63) is 132 Å². The molecule has 5 heteroatoms. The molecule has 0 amide bonds. The van der Waals surface area contributed by atoms with Crippen LogP contribution in [0.4, 0.5) is 4.79 Å².